The van der Waals surface area contributed by atoms with Crippen molar-refractivity contribution in [1.82, 2.24) is 0 Å². The molecular weight excluding hydrogens is 363 g/mol. The standard InChI is InChI=1S/C11H7Cl4F3O2/c1-5(19)20-9(10(14,15)11(16,17)18)6-3-2-4-7(12)8(6)13/h2-4,9H,1H3. The van der Waals surface area contributed by atoms with Crippen LogP contribution in [0.25, 0.3) is 0 Å². The van der Waals surface area contributed by atoms with Crippen molar-refractivity contribution in [2.24, 2.45) is 0 Å². The van der Waals surface area contributed by atoms with Gasteiger partial charge in [-0.15, -0.1) is 0 Å². The molecule has 1 aromatic carbocycles. The lowest BCUT2D eigenvalue weighted by molar-refractivity contribution is -0.178. The van der Waals surface area contributed by atoms with Gasteiger partial charge in [0, 0.05) is 12.5 Å². The van der Waals surface area contributed by atoms with Crippen molar-refractivity contribution in [1.29, 1.82) is 0 Å². The summed E-state index contributed by atoms with van der Waals surface area (Å²) >= 11 is 22.2. The van der Waals surface area contributed by atoms with Crippen molar-refractivity contribution < 1.29 is 22.7 Å². The second kappa shape index (κ2) is 6.18. The predicted octanol–water partition coefficient (Wildman–Crippen LogP) is 5.33. The van der Waals surface area contributed by atoms with E-state index in [-0.39, 0.29) is 15.6 Å². The van der Waals surface area contributed by atoms with E-state index in [0.717, 1.165) is 6.92 Å². The van der Waals surface area contributed by atoms with E-state index in [2.05, 4.69) is 4.74 Å². The van der Waals surface area contributed by atoms with Crippen LogP contribution in [0.2, 0.25) is 10.0 Å². The first kappa shape index (κ1) is 17.7. The van der Waals surface area contributed by atoms with Gasteiger partial charge < -0.3 is 4.74 Å². The van der Waals surface area contributed by atoms with E-state index < -0.39 is 22.6 Å². The van der Waals surface area contributed by atoms with Gasteiger partial charge in [0.1, 0.15) is 0 Å². The van der Waals surface area contributed by atoms with Gasteiger partial charge in [-0.05, 0) is 6.07 Å². The van der Waals surface area contributed by atoms with Crippen molar-refractivity contribution in [3.05, 3.63) is 33.8 Å². The van der Waals surface area contributed by atoms with Crippen molar-refractivity contribution in [2.45, 2.75) is 23.5 Å². The van der Waals surface area contributed by atoms with Gasteiger partial charge in [-0.3, -0.25) is 4.79 Å². The van der Waals surface area contributed by atoms with Gasteiger partial charge in [-0.25, -0.2) is 0 Å². The van der Waals surface area contributed by atoms with Gasteiger partial charge in [0.25, 0.3) is 4.33 Å². The fourth-order valence-electron chi connectivity index (χ4n) is 1.37. The average Bonchev–Trinajstić information content (AvgIpc) is 2.28. The number of halogens is 7. The highest BCUT2D eigenvalue weighted by molar-refractivity contribution is 6.50. The third kappa shape index (κ3) is 3.64. The minimum atomic E-state index is -5.05. The summed E-state index contributed by atoms with van der Waals surface area (Å²) in [5, 5.41) is -0.247. The number of hydrogen-bond acceptors (Lipinski definition) is 2. The van der Waals surface area contributed by atoms with Crippen molar-refractivity contribution in [3.8, 4) is 0 Å². The molecule has 0 heterocycles. The second-order valence-electron chi connectivity index (χ2n) is 3.75. The summed E-state index contributed by atoms with van der Waals surface area (Å²) in [5.41, 5.74) is -0.239. The SMILES string of the molecule is CC(=O)OC(c1cccc(Cl)c1Cl)C(Cl)(Cl)C(F)(F)F. The molecule has 0 fully saturated rings. The summed E-state index contributed by atoms with van der Waals surface area (Å²) in [6, 6.07) is 3.88. The molecule has 0 saturated heterocycles. The molecule has 1 unspecified atom stereocenters. The molecule has 2 nitrogen and oxygen atoms in total. The Hall–Kier alpha value is -0.360. The molecule has 0 radical (unpaired) electrons. The van der Waals surface area contributed by atoms with Crippen LogP contribution in [0.4, 0.5) is 13.2 Å². The third-order valence-electron chi connectivity index (χ3n) is 2.25. The molecule has 0 aromatic heterocycles. The first-order valence-electron chi connectivity index (χ1n) is 5.04. The molecule has 20 heavy (non-hydrogen) atoms. The molecule has 1 atom stereocenters. The van der Waals surface area contributed by atoms with E-state index in [0.29, 0.717) is 0 Å². The van der Waals surface area contributed by atoms with Crippen LogP contribution in [-0.2, 0) is 9.53 Å². The molecule has 1 aromatic rings. The van der Waals surface area contributed by atoms with E-state index in [1.54, 1.807) is 0 Å². The summed E-state index contributed by atoms with van der Waals surface area (Å²) in [7, 11) is 0. The predicted molar refractivity (Wildman–Crippen MR) is 71.5 cm³/mol. The van der Waals surface area contributed by atoms with Crippen LogP contribution in [0.15, 0.2) is 18.2 Å². The normalized spacial score (nSPS) is 14.0. The van der Waals surface area contributed by atoms with E-state index in [4.69, 9.17) is 46.4 Å². The van der Waals surface area contributed by atoms with E-state index in [1.807, 2.05) is 0 Å². The largest absolute Gasteiger partial charge is 0.454 e. The monoisotopic (exact) mass is 368 g/mol. The highest BCUT2D eigenvalue weighted by atomic mass is 35.5. The fraction of sp³-hybridized carbons (Fsp3) is 0.364. The summed E-state index contributed by atoms with van der Waals surface area (Å²) in [6.07, 6.45) is -7.10. The molecule has 0 amide bonds. The van der Waals surface area contributed by atoms with Gasteiger partial charge in [-0.1, -0.05) is 58.5 Å². The fourth-order valence-corrected chi connectivity index (χ4v) is 2.10. The Balaban J connectivity index is 3.40. The highest BCUT2D eigenvalue weighted by Gasteiger charge is 2.60. The lowest BCUT2D eigenvalue weighted by Crippen LogP contribution is -2.42. The number of carbonyl (C=O) groups excluding carboxylic acids is 1. The zero-order chi connectivity index (χ0) is 15.7. The van der Waals surface area contributed by atoms with E-state index in [9.17, 15) is 18.0 Å². The van der Waals surface area contributed by atoms with Crippen LogP contribution in [0, 0.1) is 0 Å². The molecule has 0 spiro atoms. The maximum atomic E-state index is 12.9. The summed E-state index contributed by atoms with van der Waals surface area (Å²) in [5.74, 6) is -0.999. The van der Waals surface area contributed by atoms with Crippen LogP contribution in [0.3, 0.4) is 0 Å². The topological polar surface area (TPSA) is 26.3 Å². The van der Waals surface area contributed by atoms with Gasteiger partial charge in [-0.2, -0.15) is 13.2 Å². The Bertz CT molecular complexity index is 517. The van der Waals surface area contributed by atoms with Gasteiger partial charge in [0.05, 0.1) is 10.0 Å². The Morgan fingerprint density at radius 3 is 2.25 bits per heavy atom. The zero-order valence-corrected chi connectivity index (χ0v) is 12.8. The minimum absolute atomic E-state index is 0.0207. The van der Waals surface area contributed by atoms with Crippen molar-refractivity contribution >= 4 is 52.4 Å². The lowest BCUT2D eigenvalue weighted by atomic mass is 10.1. The highest BCUT2D eigenvalue weighted by Crippen LogP contribution is 2.51. The van der Waals surface area contributed by atoms with Crippen molar-refractivity contribution in [3.63, 3.8) is 0 Å². The number of ether oxygens (including phenoxy) is 1. The zero-order valence-electron chi connectivity index (χ0n) is 9.77. The minimum Gasteiger partial charge on any atom is -0.454 e. The molecular formula is C11H7Cl4F3O2. The number of benzene rings is 1. The Labute approximate surface area is 132 Å². The summed E-state index contributed by atoms with van der Waals surface area (Å²) in [6.45, 7) is 0.922. The Kier molecular flexibility index (Phi) is 5.46. The number of carbonyl (C=O) groups is 1. The summed E-state index contributed by atoms with van der Waals surface area (Å²) in [4.78, 5) is 11.0. The quantitative estimate of drug-likeness (QED) is 0.531. The van der Waals surface area contributed by atoms with Crippen LogP contribution >= 0.6 is 46.4 Å². The molecule has 0 aliphatic rings. The first-order chi connectivity index (χ1) is 8.98. The number of esters is 1. The van der Waals surface area contributed by atoms with Crippen molar-refractivity contribution in [2.75, 3.05) is 0 Å². The van der Waals surface area contributed by atoms with E-state index in [1.165, 1.54) is 18.2 Å². The maximum absolute atomic E-state index is 12.9. The van der Waals surface area contributed by atoms with Gasteiger partial charge in [0.2, 0.25) is 0 Å². The molecule has 0 N–H and O–H groups in total. The molecule has 9 heteroatoms. The average molecular weight is 370 g/mol. The number of hydrogen-bond donors (Lipinski definition) is 0. The first-order valence-corrected chi connectivity index (χ1v) is 6.55. The second-order valence-corrected chi connectivity index (χ2v) is 5.92. The summed E-state index contributed by atoms with van der Waals surface area (Å²) < 4.78 is 40.0. The molecule has 0 saturated carbocycles. The number of rotatable bonds is 3. The molecule has 0 aliphatic carbocycles. The smallest absolute Gasteiger partial charge is 0.425 e. The van der Waals surface area contributed by atoms with Gasteiger partial charge in [0.15, 0.2) is 6.10 Å². The molecule has 112 valence electrons. The van der Waals surface area contributed by atoms with Crippen LogP contribution in [0.5, 0.6) is 0 Å². The Morgan fingerprint density at radius 2 is 1.80 bits per heavy atom. The number of alkyl halides is 5. The van der Waals surface area contributed by atoms with E-state index >= 15 is 0 Å². The third-order valence-corrected chi connectivity index (χ3v) is 3.91. The van der Waals surface area contributed by atoms with Crippen LogP contribution in [-0.4, -0.2) is 16.5 Å². The maximum Gasteiger partial charge on any atom is 0.425 e. The van der Waals surface area contributed by atoms with Crippen LogP contribution < -0.4 is 0 Å². The molecule has 1 rings (SSSR count). The molecule has 0 bridgehead atoms. The van der Waals surface area contributed by atoms with Crippen LogP contribution in [0.1, 0.15) is 18.6 Å². The Morgan fingerprint density at radius 1 is 1.25 bits per heavy atom. The van der Waals surface area contributed by atoms with Gasteiger partial charge >= 0.3 is 12.1 Å². The lowest BCUT2D eigenvalue weighted by Gasteiger charge is -2.31. The molecule has 0 aliphatic heterocycles.